The maximum Gasteiger partial charge on any atom is 0.262 e. The molecule has 4 heteroatoms. The summed E-state index contributed by atoms with van der Waals surface area (Å²) >= 11 is 6.10. The molecule has 32 heavy (non-hydrogen) atoms. The SMILES string of the molecule is COc1ccc(/C=C2/C=C(c3ccc(Cl)cc3)N(c3ccc4ccccc4c3)C2=O)cc1. The lowest BCUT2D eigenvalue weighted by atomic mass is 10.1. The third-order valence-corrected chi connectivity index (χ3v) is 5.80. The van der Waals surface area contributed by atoms with E-state index in [4.69, 9.17) is 16.3 Å². The zero-order chi connectivity index (χ0) is 22.1. The number of rotatable bonds is 4. The number of fused-ring (bicyclic) bond motifs is 1. The lowest BCUT2D eigenvalue weighted by molar-refractivity contribution is -0.113. The third kappa shape index (κ3) is 3.79. The molecule has 1 aliphatic rings. The molecular weight excluding hydrogens is 418 g/mol. The average molecular weight is 438 g/mol. The topological polar surface area (TPSA) is 29.5 Å². The van der Waals surface area contributed by atoms with E-state index in [0.29, 0.717) is 10.6 Å². The zero-order valence-corrected chi connectivity index (χ0v) is 18.2. The van der Waals surface area contributed by atoms with Gasteiger partial charge in [0.25, 0.3) is 5.91 Å². The van der Waals surface area contributed by atoms with Crippen LogP contribution in [0.5, 0.6) is 5.75 Å². The molecular formula is C28H20ClNO2. The Kier molecular flexibility index (Phi) is 5.26. The normalized spacial score (nSPS) is 14.8. The Hall–Kier alpha value is -3.82. The molecule has 156 valence electrons. The highest BCUT2D eigenvalue weighted by Crippen LogP contribution is 2.37. The monoisotopic (exact) mass is 437 g/mol. The number of carbonyl (C=O) groups excluding carboxylic acids is 1. The van der Waals surface area contributed by atoms with E-state index in [-0.39, 0.29) is 5.91 Å². The van der Waals surface area contributed by atoms with Gasteiger partial charge in [-0.1, -0.05) is 66.2 Å². The van der Waals surface area contributed by atoms with Gasteiger partial charge >= 0.3 is 0 Å². The van der Waals surface area contributed by atoms with E-state index >= 15 is 0 Å². The van der Waals surface area contributed by atoms with Crippen LogP contribution in [0.4, 0.5) is 5.69 Å². The van der Waals surface area contributed by atoms with Gasteiger partial charge in [-0.3, -0.25) is 9.69 Å². The second-order valence-corrected chi connectivity index (χ2v) is 8.02. The number of benzene rings is 4. The minimum Gasteiger partial charge on any atom is -0.497 e. The molecule has 0 saturated carbocycles. The van der Waals surface area contributed by atoms with Crippen LogP contribution in [-0.2, 0) is 4.79 Å². The number of ether oxygens (including phenoxy) is 1. The van der Waals surface area contributed by atoms with Crippen molar-refractivity contribution in [3.8, 4) is 5.75 Å². The molecule has 1 amide bonds. The smallest absolute Gasteiger partial charge is 0.262 e. The van der Waals surface area contributed by atoms with Crippen molar-refractivity contribution in [1.29, 1.82) is 0 Å². The van der Waals surface area contributed by atoms with Gasteiger partial charge in [0, 0.05) is 16.3 Å². The van der Waals surface area contributed by atoms with Crippen LogP contribution in [0.15, 0.2) is 103 Å². The number of methoxy groups -OCH3 is 1. The van der Waals surface area contributed by atoms with E-state index in [2.05, 4.69) is 12.1 Å². The van der Waals surface area contributed by atoms with Crippen molar-refractivity contribution in [3.63, 3.8) is 0 Å². The predicted octanol–water partition coefficient (Wildman–Crippen LogP) is 6.97. The first-order valence-electron chi connectivity index (χ1n) is 10.3. The highest BCUT2D eigenvalue weighted by Gasteiger charge is 2.30. The Labute approximate surface area is 191 Å². The molecule has 0 aliphatic carbocycles. The summed E-state index contributed by atoms with van der Waals surface area (Å²) in [6.07, 6.45) is 3.84. The van der Waals surface area contributed by atoms with Crippen molar-refractivity contribution in [3.05, 3.63) is 119 Å². The molecule has 3 nitrogen and oxygen atoms in total. The molecule has 0 bridgehead atoms. The molecule has 1 heterocycles. The Morgan fingerprint density at radius 2 is 1.56 bits per heavy atom. The van der Waals surface area contributed by atoms with Gasteiger partial charge in [0.2, 0.25) is 0 Å². The molecule has 0 saturated heterocycles. The van der Waals surface area contributed by atoms with Crippen LogP contribution in [-0.4, -0.2) is 13.0 Å². The summed E-state index contributed by atoms with van der Waals surface area (Å²) in [5.41, 5.74) is 4.12. The second-order valence-electron chi connectivity index (χ2n) is 7.58. The fraction of sp³-hybridized carbons (Fsp3) is 0.0357. The van der Waals surface area contributed by atoms with Gasteiger partial charge in [-0.25, -0.2) is 0 Å². The fourth-order valence-corrected chi connectivity index (χ4v) is 4.03. The molecule has 0 spiro atoms. The van der Waals surface area contributed by atoms with E-state index in [1.165, 1.54) is 0 Å². The van der Waals surface area contributed by atoms with Crippen LogP contribution in [0.1, 0.15) is 11.1 Å². The van der Waals surface area contributed by atoms with Crippen LogP contribution in [0.25, 0.3) is 22.5 Å². The van der Waals surface area contributed by atoms with Gasteiger partial charge in [0.1, 0.15) is 5.75 Å². The quantitative estimate of drug-likeness (QED) is 0.322. The summed E-state index contributed by atoms with van der Waals surface area (Å²) < 4.78 is 5.24. The Morgan fingerprint density at radius 1 is 0.844 bits per heavy atom. The first kappa shape index (κ1) is 20.1. The first-order valence-corrected chi connectivity index (χ1v) is 10.7. The van der Waals surface area contributed by atoms with Gasteiger partial charge in [0.15, 0.2) is 0 Å². The van der Waals surface area contributed by atoms with Crippen LogP contribution in [0.2, 0.25) is 5.02 Å². The molecule has 0 radical (unpaired) electrons. The minimum atomic E-state index is -0.0685. The van der Waals surface area contributed by atoms with Crippen molar-refractivity contribution < 1.29 is 9.53 Å². The van der Waals surface area contributed by atoms with E-state index in [0.717, 1.165) is 39.0 Å². The highest BCUT2D eigenvalue weighted by atomic mass is 35.5. The van der Waals surface area contributed by atoms with E-state index in [1.54, 1.807) is 12.0 Å². The van der Waals surface area contributed by atoms with Gasteiger partial charge in [0.05, 0.1) is 12.8 Å². The van der Waals surface area contributed by atoms with Gasteiger partial charge < -0.3 is 4.74 Å². The van der Waals surface area contributed by atoms with Crippen molar-refractivity contribution in [2.24, 2.45) is 0 Å². The number of carbonyl (C=O) groups is 1. The van der Waals surface area contributed by atoms with Crippen molar-refractivity contribution >= 4 is 45.7 Å². The summed E-state index contributed by atoms with van der Waals surface area (Å²) in [6, 6.07) is 29.4. The summed E-state index contributed by atoms with van der Waals surface area (Å²) in [5, 5.41) is 2.87. The summed E-state index contributed by atoms with van der Waals surface area (Å²) in [6.45, 7) is 0. The van der Waals surface area contributed by atoms with Crippen LogP contribution in [0.3, 0.4) is 0 Å². The lowest BCUT2D eigenvalue weighted by Gasteiger charge is -2.21. The van der Waals surface area contributed by atoms with Crippen molar-refractivity contribution in [2.45, 2.75) is 0 Å². The summed E-state index contributed by atoms with van der Waals surface area (Å²) in [7, 11) is 1.64. The number of halogens is 1. The van der Waals surface area contributed by atoms with E-state index < -0.39 is 0 Å². The molecule has 0 N–H and O–H groups in total. The highest BCUT2D eigenvalue weighted by molar-refractivity contribution is 6.30. The molecule has 0 unspecified atom stereocenters. The minimum absolute atomic E-state index is 0.0685. The molecule has 4 aromatic carbocycles. The Bertz CT molecular complexity index is 1370. The van der Waals surface area contributed by atoms with Gasteiger partial charge in [-0.15, -0.1) is 0 Å². The molecule has 0 fully saturated rings. The van der Waals surface area contributed by atoms with E-state index in [1.807, 2.05) is 91.0 Å². The van der Waals surface area contributed by atoms with Gasteiger partial charge in [-0.05, 0) is 70.4 Å². The predicted molar refractivity (Wildman–Crippen MR) is 132 cm³/mol. The first-order chi connectivity index (χ1) is 15.6. The van der Waals surface area contributed by atoms with Crippen molar-refractivity contribution in [1.82, 2.24) is 0 Å². The molecule has 1 aliphatic heterocycles. The lowest BCUT2D eigenvalue weighted by Crippen LogP contribution is -2.24. The second kappa shape index (κ2) is 8.37. The van der Waals surface area contributed by atoms with E-state index in [9.17, 15) is 4.79 Å². The largest absolute Gasteiger partial charge is 0.497 e. The number of amides is 1. The molecule has 0 atom stereocenters. The fourth-order valence-electron chi connectivity index (χ4n) is 3.90. The maximum absolute atomic E-state index is 13.6. The van der Waals surface area contributed by atoms with Gasteiger partial charge in [-0.2, -0.15) is 0 Å². The standard InChI is InChI=1S/C28H20ClNO2/c1-32-26-14-6-19(7-15-26)16-23-18-27(21-8-11-24(29)12-9-21)30(28(23)31)25-13-10-20-4-2-3-5-22(20)17-25/h2-18H,1H3/b23-16-. The Balaban J connectivity index is 1.61. The summed E-state index contributed by atoms with van der Waals surface area (Å²) in [4.78, 5) is 15.3. The Morgan fingerprint density at radius 3 is 2.28 bits per heavy atom. The number of hydrogen-bond donors (Lipinski definition) is 0. The number of anilines is 1. The molecule has 4 aromatic rings. The summed E-state index contributed by atoms with van der Waals surface area (Å²) in [5.74, 6) is 0.709. The number of nitrogens with zero attached hydrogens (tertiary/aromatic N) is 1. The average Bonchev–Trinajstić information content (AvgIpc) is 3.15. The number of hydrogen-bond acceptors (Lipinski definition) is 2. The molecule has 0 aromatic heterocycles. The third-order valence-electron chi connectivity index (χ3n) is 5.55. The van der Waals surface area contributed by atoms with Crippen LogP contribution >= 0.6 is 11.6 Å². The zero-order valence-electron chi connectivity index (χ0n) is 17.5. The van der Waals surface area contributed by atoms with Crippen LogP contribution in [0, 0.1) is 0 Å². The molecule has 5 rings (SSSR count). The van der Waals surface area contributed by atoms with Crippen molar-refractivity contribution in [2.75, 3.05) is 12.0 Å². The van der Waals surface area contributed by atoms with Crippen LogP contribution < -0.4 is 9.64 Å². The maximum atomic E-state index is 13.6.